The van der Waals surface area contributed by atoms with Crippen LogP contribution in [-0.4, -0.2) is 36.5 Å². The summed E-state index contributed by atoms with van der Waals surface area (Å²) in [5.74, 6) is -0.419. The number of benzene rings is 1. The molecule has 2 N–H and O–H groups in total. The van der Waals surface area contributed by atoms with Crippen LogP contribution in [0.1, 0.15) is 16.8 Å². The quantitative estimate of drug-likeness (QED) is 0.925. The fourth-order valence-electron chi connectivity index (χ4n) is 1.98. The van der Waals surface area contributed by atoms with Crippen LogP contribution in [0.2, 0.25) is 0 Å². The van der Waals surface area contributed by atoms with Gasteiger partial charge in [-0.05, 0) is 18.6 Å². The first-order valence-corrected chi connectivity index (χ1v) is 5.66. The monoisotopic (exact) mass is 292 g/mol. The highest BCUT2D eigenvalue weighted by molar-refractivity contribution is 5.97. The molecule has 0 spiro atoms. The van der Waals surface area contributed by atoms with Crippen molar-refractivity contribution in [2.45, 2.75) is 19.1 Å². The lowest BCUT2D eigenvalue weighted by molar-refractivity contribution is -0.0502. The van der Waals surface area contributed by atoms with Crippen LogP contribution < -0.4 is 10.5 Å². The average Bonchev–Trinajstić information content (AvgIpc) is 2.75. The Hall–Kier alpha value is -1.40. The van der Waals surface area contributed by atoms with Gasteiger partial charge in [-0.15, -0.1) is 12.4 Å². The standard InChI is InChI=1S/C12H14F2N2O2.ClH/c13-12(14)18-10-4-2-1-3-9(10)11(17)16-6-5-8(15)7-16;/h1-4,8,12H,5-7,15H2;1H. The van der Waals surface area contributed by atoms with Crippen molar-refractivity contribution in [2.24, 2.45) is 5.73 Å². The first-order valence-electron chi connectivity index (χ1n) is 5.66. The number of hydrogen-bond acceptors (Lipinski definition) is 3. The number of alkyl halides is 2. The van der Waals surface area contributed by atoms with Gasteiger partial charge in [0, 0.05) is 19.1 Å². The zero-order chi connectivity index (χ0) is 13.1. The maximum Gasteiger partial charge on any atom is 0.387 e. The number of nitrogens with two attached hydrogens (primary N) is 1. The molecule has 0 bridgehead atoms. The molecule has 19 heavy (non-hydrogen) atoms. The molecule has 1 aromatic rings. The molecule has 0 aromatic heterocycles. The van der Waals surface area contributed by atoms with Crippen molar-refractivity contribution < 1.29 is 18.3 Å². The zero-order valence-corrected chi connectivity index (χ0v) is 10.9. The van der Waals surface area contributed by atoms with Gasteiger partial charge < -0.3 is 15.4 Å². The van der Waals surface area contributed by atoms with E-state index in [1.807, 2.05) is 0 Å². The number of ether oxygens (including phenoxy) is 1. The smallest absolute Gasteiger partial charge is 0.387 e. The molecule has 0 saturated carbocycles. The van der Waals surface area contributed by atoms with Gasteiger partial charge in [-0.1, -0.05) is 12.1 Å². The van der Waals surface area contributed by atoms with Gasteiger partial charge in [0.15, 0.2) is 0 Å². The SMILES string of the molecule is Cl.NC1CCN(C(=O)c2ccccc2OC(F)F)C1. The highest BCUT2D eigenvalue weighted by Gasteiger charge is 2.26. The lowest BCUT2D eigenvalue weighted by Gasteiger charge is -2.17. The van der Waals surface area contributed by atoms with Crippen LogP contribution in [0, 0.1) is 0 Å². The third kappa shape index (κ3) is 3.78. The summed E-state index contributed by atoms with van der Waals surface area (Å²) in [6.07, 6.45) is 0.726. The molecular formula is C12H15ClF2N2O2. The minimum absolute atomic E-state index is 0. The predicted molar refractivity (Wildman–Crippen MR) is 68.8 cm³/mol. The van der Waals surface area contributed by atoms with E-state index in [2.05, 4.69) is 4.74 Å². The van der Waals surface area contributed by atoms with Crippen LogP contribution >= 0.6 is 12.4 Å². The fraction of sp³-hybridized carbons (Fsp3) is 0.417. The van der Waals surface area contributed by atoms with E-state index >= 15 is 0 Å². The molecule has 1 aliphatic heterocycles. The van der Waals surface area contributed by atoms with Crippen molar-refractivity contribution >= 4 is 18.3 Å². The Balaban J connectivity index is 0.00000180. The van der Waals surface area contributed by atoms with E-state index in [1.165, 1.54) is 12.1 Å². The highest BCUT2D eigenvalue weighted by Crippen LogP contribution is 2.23. The minimum atomic E-state index is -2.94. The number of carbonyl (C=O) groups excluding carboxylic acids is 1. The Kier molecular flexibility index (Phi) is 5.50. The third-order valence-electron chi connectivity index (χ3n) is 2.85. The highest BCUT2D eigenvalue weighted by atomic mass is 35.5. The number of halogens is 3. The van der Waals surface area contributed by atoms with Gasteiger partial charge in [-0.25, -0.2) is 0 Å². The molecular weight excluding hydrogens is 278 g/mol. The summed E-state index contributed by atoms with van der Waals surface area (Å²) in [6.45, 7) is -1.95. The molecule has 1 amide bonds. The van der Waals surface area contributed by atoms with Gasteiger partial charge >= 0.3 is 6.61 Å². The fourth-order valence-corrected chi connectivity index (χ4v) is 1.98. The van der Waals surface area contributed by atoms with Crippen LogP contribution in [0.25, 0.3) is 0 Å². The first-order chi connectivity index (χ1) is 8.58. The number of hydrogen-bond donors (Lipinski definition) is 1. The van der Waals surface area contributed by atoms with Gasteiger partial charge in [0.05, 0.1) is 5.56 Å². The maximum atomic E-state index is 12.2. The molecule has 7 heteroatoms. The number of rotatable bonds is 3. The molecule has 2 rings (SSSR count). The second-order valence-corrected chi connectivity index (χ2v) is 4.17. The van der Waals surface area contributed by atoms with E-state index in [4.69, 9.17) is 5.73 Å². The summed E-state index contributed by atoms with van der Waals surface area (Å²) in [4.78, 5) is 13.7. The van der Waals surface area contributed by atoms with Crippen molar-refractivity contribution in [2.75, 3.05) is 13.1 Å². The summed E-state index contributed by atoms with van der Waals surface area (Å²) in [6, 6.07) is 5.95. The predicted octanol–water partition coefficient (Wildman–Crippen LogP) is 1.88. The summed E-state index contributed by atoms with van der Waals surface area (Å²) >= 11 is 0. The van der Waals surface area contributed by atoms with E-state index < -0.39 is 6.61 Å². The topological polar surface area (TPSA) is 55.6 Å². The lowest BCUT2D eigenvalue weighted by Crippen LogP contribution is -2.32. The van der Waals surface area contributed by atoms with Crippen LogP contribution in [-0.2, 0) is 0 Å². The first kappa shape index (κ1) is 15.7. The molecule has 1 fully saturated rings. The van der Waals surface area contributed by atoms with Crippen molar-refractivity contribution in [3.8, 4) is 5.75 Å². The summed E-state index contributed by atoms with van der Waals surface area (Å²) in [7, 11) is 0. The summed E-state index contributed by atoms with van der Waals surface area (Å²) in [5.41, 5.74) is 5.86. The molecule has 0 radical (unpaired) electrons. The largest absolute Gasteiger partial charge is 0.434 e. The Morgan fingerprint density at radius 1 is 1.42 bits per heavy atom. The number of amides is 1. The average molecular weight is 293 g/mol. The normalized spacial score (nSPS) is 18.3. The molecule has 1 atom stereocenters. The van der Waals surface area contributed by atoms with Gasteiger partial charge in [0.1, 0.15) is 5.75 Å². The van der Waals surface area contributed by atoms with E-state index in [1.54, 1.807) is 17.0 Å². The number of nitrogens with zero attached hydrogens (tertiary/aromatic N) is 1. The molecule has 1 unspecified atom stereocenters. The Morgan fingerprint density at radius 3 is 2.68 bits per heavy atom. The second-order valence-electron chi connectivity index (χ2n) is 4.17. The Bertz CT molecular complexity index is 445. The van der Waals surface area contributed by atoms with Crippen molar-refractivity contribution in [3.05, 3.63) is 29.8 Å². The molecule has 4 nitrogen and oxygen atoms in total. The van der Waals surface area contributed by atoms with Crippen LogP contribution in [0.5, 0.6) is 5.75 Å². The van der Waals surface area contributed by atoms with Crippen molar-refractivity contribution in [1.29, 1.82) is 0 Å². The van der Waals surface area contributed by atoms with Crippen LogP contribution in [0.4, 0.5) is 8.78 Å². The zero-order valence-electron chi connectivity index (χ0n) is 10.1. The number of carbonyl (C=O) groups is 1. The van der Waals surface area contributed by atoms with Crippen molar-refractivity contribution in [1.82, 2.24) is 4.90 Å². The van der Waals surface area contributed by atoms with Gasteiger partial charge in [-0.2, -0.15) is 8.78 Å². The van der Waals surface area contributed by atoms with E-state index in [-0.39, 0.29) is 35.7 Å². The van der Waals surface area contributed by atoms with Crippen LogP contribution in [0.15, 0.2) is 24.3 Å². The lowest BCUT2D eigenvalue weighted by atomic mass is 10.2. The van der Waals surface area contributed by atoms with Gasteiger partial charge in [0.25, 0.3) is 5.91 Å². The molecule has 1 aromatic carbocycles. The van der Waals surface area contributed by atoms with E-state index in [0.29, 0.717) is 13.1 Å². The molecule has 106 valence electrons. The summed E-state index contributed by atoms with van der Waals surface area (Å²) < 4.78 is 28.8. The van der Waals surface area contributed by atoms with Crippen molar-refractivity contribution in [3.63, 3.8) is 0 Å². The van der Waals surface area contributed by atoms with E-state index in [9.17, 15) is 13.6 Å². The maximum absolute atomic E-state index is 12.2. The summed E-state index contributed by atoms with van der Waals surface area (Å²) in [5, 5.41) is 0. The van der Waals surface area contributed by atoms with E-state index in [0.717, 1.165) is 6.42 Å². The molecule has 0 aliphatic carbocycles. The van der Waals surface area contributed by atoms with Gasteiger partial charge in [-0.3, -0.25) is 4.79 Å². The third-order valence-corrected chi connectivity index (χ3v) is 2.85. The minimum Gasteiger partial charge on any atom is -0.434 e. The molecule has 1 heterocycles. The molecule has 1 saturated heterocycles. The number of para-hydroxylation sites is 1. The Morgan fingerprint density at radius 2 is 2.11 bits per heavy atom. The number of likely N-dealkylation sites (tertiary alicyclic amines) is 1. The second kappa shape index (κ2) is 6.68. The van der Waals surface area contributed by atoms with Gasteiger partial charge in [0.2, 0.25) is 0 Å². The Labute approximate surface area is 115 Å². The molecule has 1 aliphatic rings. The van der Waals surface area contributed by atoms with Crippen LogP contribution in [0.3, 0.4) is 0 Å².